The van der Waals surface area contributed by atoms with Crippen LogP contribution in [0.1, 0.15) is 45.7 Å². The Bertz CT molecular complexity index is 834. The fourth-order valence-corrected chi connectivity index (χ4v) is 3.31. The molecule has 0 spiro atoms. The highest BCUT2D eigenvalue weighted by Crippen LogP contribution is 2.38. The first-order valence-corrected chi connectivity index (χ1v) is 8.46. The standard InChI is InChI=1S/C20H22N2O4/c1-12-11-17(22-16-10-5-4-7-14(16)19(23)25-2)13-8-6-9-15(18(13)21-12)20(24)26-3/h4-10,12,17,21-22H,11H2,1-3H3/t12-,17-/m1/s1. The predicted octanol–water partition coefficient (Wildman–Crippen LogP) is 3.62. The molecule has 2 N–H and O–H groups in total. The van der Waals surface area contributed by atoms with Gasteiger partial charge in [-0.05, 0) is 37.1 Å². The Balaban J connectivity index is 2.00. The Morgan fingerprint density at radius 3 is 2.38 bits per heavy atom. The van der Waals surface area contributed by atoms with Crippen LogP contribution in [0.4, 0.5) is 11.4 Å². The fraction of sp³-hybridized carbons (Fsp3) is 0.300. The molecule has 0 amide bonds. The van der Waals surface area contributed by atoms with Gasteiger partial charge in [0, 0.05) is 11.7 Å². The molecule has 2 atom stereocenters. The van der Waals surface area contributed by atoms with E-state index in [9.17, 15) is 9.59 Å². The van der Waals surface area contributed by atoms with Gasteiger partial charge in [0.1, 0.15) is 0 Å². The molecule has 26 heavy (non-hydrogen) atoms. The van der Waals surface area contributed by atoms with Crippen molar-refractivity contribution < 1.29 is 19.1 Å². The summed E-state index contributed by atoms with van der Waals surface area (Å²) in [5.74, 6) is -0.768. The van der Waals surface area contributed by atoms with Crippen molar-refractivity contribution in [3.63, 3.8) is 0 Å². The van der Waals surface area contributed by atoms with E-state index in [0.29, 0.717) is 16.8 Å². The maximum absolute atomic E-state index is 12.1. The summed E-state index contributed by atoms with van der Waals surface area (Å²) in [5, 5.41) is 6.82. The molecule has 1 aliphatic heterocycles. The number of carbonyl (C=O) groups is 2. The monoisotopic (exact) mass is 354 g/mol. The molecule has 0 aromatic heterocycles. The molecule has 0 unspecified atom stereocenters. The molecule has 0 radical (unpaired) electrons. The molecule has 0 saturated heterocycles. The van der Waals surface area contributed by atoms with E-state index in [1.54, 1.807) is 18.2 Å². The number of anilines is 2. The molecule has 136 valence electrons. The highest BCUT2D eigenvalue weighted by atomic mass is 16.5. The van der Waals surface area contributed by atoms with Gasteiger partial charge in [-0.2, -0.15) is 0 Å². The smallest absolute Gasteiger partial charge is 0.339 e. The van der Waals surface area contributed by atoms with Gasteiger partial charge in [0.05, 0.1) is 37.1 Å². The number of fused-ring (bicyclic) bond motifs is 1. The third-order valence-corrected chi connectivity index (χ3v) is 4.52. The lowest BCUT2D eigenvalue weighted by Gasteiger charge is -2.33. The Hall–Kier alpha value is -3.02. The summed E-state index contributed by atoms with van der Waals surface area (Å²) in [6.07, 6.45) is 0.799. The Labute approximate surface area is 152 Å². The Morgan fingerprint density at radius 1 is 1.00 bits per heavy atom. The Kier molecular flexibility index (Phi) is 5.11. The van der Waals surface area contributed by atoms with Gasteiger partial charge in [0.15, 0.2) is 0 Å². The third-order valence-electron chi connectivity index (χ3n) is 4.52. The lowest BCUT2D eigenvalue weighted by Crippen LogP contribution is -2.30. The van der Waals surface area contributed by atoms with Crippen LogP contribution in [0, 0.1) is 0 Å². The van der Waals surface area contributed by atoms with Crippen molar-refractivity contribution >= 4 is 23.3 Å². The Morgan fingerprint density at radius 2 is 1.65 bits per heavy atom. The molecule has 0 bridgehead atoms. The fourth-order valence-electron chi connectivity index (χ4n) is 3.31. The zero-order chi connectivity index (χ0) is 18.7. The number of hydrogen-bond acceptors (Lipinski definition) is 6. The SMILES string of the molecule is COC(=O)c1ccccc1N[C@@H]1C[C@@H](C)Nc2c(C(=O)OC)cccc21. The van der Waals surface area contributed by atoms with Gasteiger partial charge in [-0.1, -0.05) is 24.3 Å². The predicted molar refractivity (Wildman–Crippen MR) is 99.6 cm³/mol. The number of methoxy groups -OCH3 is 2. The zero-order valence-corrected chi connectivity index (χ0v) is 15.0. The highest BCUT2D eigenvalue weighted by Gasteiger charge is 2.28. The number of para-hydroxylation sites is 2. The van der Waals surface area contributed by atoms with E-state index >= 15 is 0 Å². The summed E-state index contributed by atoms with van der Waals surface area (Å²) in [4.78, 5) is 24.1. The van der Waals surface area contributed by atoms with Crippen molar-refractivity contribution in [1.29, 1.82) is 0 Å². The van der Waals surface area contributed by atoms with Gasteiger partial charge < -0.3 is 20.1 Å². The minimum absolute atomic E-state index is 0.0586. The van der Waals surface area contributed by atoms with Crippen LogP contribution in [-0.4, -0.2) is 32.2 Å². The third kappa shape index (κ3) is 3.35. The van der Waals surface area contributed by atoms with E-state index in [4.69, 9.17) is 9.47 Å². The maximum atomic E-state index is 12.1. The average Bonchev–Trinajstić information content (AvgIpc) is 2.66. The van der Waals surface area contributed by atoms with Crippen molar-refractivity contribution in [1.82, 2.24) is 0 Å². The first kappa shape index (κ1) is 17.8. The summed E-state index contributed by atoms with van der Waals surface area (Å²) < 4.78 is 9.77. The van der Waals surface area contributed by atoms with E-state index in [2.05, 4.69) is 17.6 Å². The average molecular weight is 354 g/mol. The molecule has 1 heterocycles. The van der Waals surface area contributed by atoms with Crippen molar-refractivity contribution in [3.8, 4) is 0 Å². The van der Waals surface area contributed by atoms with Crippen molar-refractivity contribution in [2.75, 3.05) is 24.9 Å². The molecule has 6 heteroatoms. The highest BCUT2D eigenvalue weighted by molar-refractivity contribution is 5.97. The normalized spacial score (nSPS) is 18.3. The van der Waals surface area contributed by atoms with E-state index in [1.807, 2.05) is 24.3 Å². The number of esters is 2. The summed E-state index contributed by atoms with van der Waals surface area (Å²) >= 11 is 0. The summed E-state index contributed by atoms with van der Waals surface area (Å²) in [6, 6.07) is 12.9. The molecule has 0 fully saturated rings. The van der Waals surface area contributed by atoms with Gasteiger partial charge in [0.2, 0.25) is 0 Å². The zero-order valence-electron chi connectivity index (χ0n) is 15.0. The van der Waals surface area contributed by atoms with Crippen molar-refractivity contribution in [2.45, 2.75) is 25.4 Å². The second-order valence-corrected chi connectivity index (χ2v) is 6.28. The van der Waals surface area contributed by atoms with Crippen molar-refractivity contribution in [2.24, 2.45) is 0 Å². The van der Waals surface area contributed by atoms with Crippen LogP contribution in [0.5, 0.6) is 0 Å². The molecular weight excluding hydrogens is 332 g/mol. The molecule has 1 aliphatic rings. The minimum atomic E-state index is -0.390. The number of rotatable bonds is 4. The second kappa shape index (κ2) is 7.47. The van der Waals surface area contributed by atoms with Gasteiger partial charge in [-0.25, -0.2) is 9.59 Å². The van der Waals surface area contributed by atoms with Gasteiger partial charge in [-0.3, -0.25) is 0 Å². The summed E-state index contributed by atoms with van der Waals surface area (Å²) in [6.45, 7) is 2.05. The molecule has 2 aromatic carbocycles. The van der Waals surface area contributed by atoms with Crippen LogP contribution in [0.2, 0.25) is 0 Å². The quantitative estimate of drug-likeness (QED) is 0.817. The van der Waals surface area contributed by atoms with E-state index in [1.165, 1.54) is 14.2 Å². The van der Waals surface area contributed by atoms with E-state index in [0.717, 1.165) is 17.7 Å². The van der Waals surface area contributed by atoms with Crippen LogP contribution >= 0.6 is 0 Å². The molecule has 0 aliphatic carbocycles. The first-order chi connectivity index (χ1) is 12.5. The number of nitrogens with one attached hydrogen (secondary N) is 2. The molecule has 2 aromatic rings. The molecule has 3 rings (SSSR count). The number of ether oxygens (including phenoxy) is 2. The molecule has 6 nitrogen and oxygen atoms in total. The summed E-state index contributed by atoms with van der Waals surface area (Å²) in [5.41, 5.74) is 3.42. The number of carbonyl (C=O) groups excluding carboxylic acids is 2. The minimum Gasteiger partial charge on any atom is -0.465 e. The van der Waals surface area contributed by atoms with Crippen LogP contribution in [0.3, 0.4) is 0 Å². The van der Waals surface area contributed by atoms with Crippen molar-refractivity contribution in [3.05, 3.63) is 59.2 Å². The van der Waals surface area contributed by atoms with Crippen LogP contribution < -0.4 is 10.6 Å². The maximum Gasteiger partial charge on any atom is 0.339 e. The largest absolute Gasteiger partial charge is 0.465 e. The van der Waals surface area contributed by atoms with Gasteiger partial charge in [-0.15, -0.1) is 0 Å². The lowest BCUT2D eigenvalue weighted by atomic mass is 9.90. The lowest BCUT2D eigenvalue weighted by molar-refractivity contribution is 0.0593. The molecular formula is C20H22N2O4. The number of hydrogen-bond donors (Lipinski definition) is 2. The molecule has 0 saturated carbocycles. The second-order valence-electron chi connectivity index (χ2n) is 6.28. The van der Waals surface area contributed by atoms with E-state index < -0.39 is 5.97 Å². The summed E-state index contributed by atoms with van der Waals surface area (Å²) in [7, 11) is 2.74. The van der Waals surface area contributed by atoms with Crippen LogP contribution in [0.25, 0.3) is 0 Å². The van der Waals surface area contributed by atoms with Crippen LogP contribution in [0.15, 0.2) is 42.5 Å². The van der Waals surface area contributed by atoms with Gasteiger partial charge in [0.25, 0.3) is 0 Å². The van der Waals surface area contributed by atoms with Gasteiger partial charge >= 0.3 is 11.9 Å². The van der Waals surface area contributed by atoms with Crippen LogP contribution in [-0.2, 0) is 9.47 Å². The topological polar surface area (TPSA) is 76.7 Å². The first-order valence-electron chi connectivity index (χ1n) is 8.46. The van der Waals surface area contributed by atoms with E-state index in [-0.39, 0.29) is 18.1 Å². The number of benzene rings is 2.